The van der Waals surface area contributed by atoms with Crippen molar-refractivity contribution in [1.82, 2.24) is 0 Å². The first-order valence-corrected chi connectivity index (χ1v) is 29.0. The number of phosphoric ester groups is 1. The van der Waals surface area contributed by atoms with Gasteiger partial charge >= 0.3 is 19.8 Å². The van der Waals surface area contributed by atoms with Gasteiger partial charge in [0.25, 0.3) is 0 Å². The highest BCUT2D eigenvalue weighted by atomic mass is 31.2. The van der Waals surface area contributed by atoms with Crippen LogP contribution in [0, 0.1) is 0 Å². The summed E-state index contributed by atoms with van der Waals surface area (Å²) in [5.74, 6) is -0.828. The fourth-order valence-electron chi connectivity index (χ4n) is 7.15. The van der Waals surface area contributed by atoms with Gasteiger partial charge in [0.05, 0.1) is 27.7 Å². The SMILES string of the molecule is CC/C=C\C/C=C\C/C=C\C/C=C\C/C=C\C/C=C\C/C=C\C/C=C\CCCCCCC(=O)OC(COC(=O)CCCCCCCCCCCCCCCCCC)COP(=O)(O)OCC[N+](C)(C)C. The fraction of sp³-hybridized carbons (Fsp3) is 0.695. The summed E-state index contributed by atoms with van der Waals surface area (Å²) in [5, 5.41) is 0. The third kappa shape index (κ3) is 54.1. The van der Waals surface area contributed by atoms with E-state index in [2.05, 4.69) is 111 Å². The van der Waals surface area contributed by atoms with Gasteiger partial charge in [-0.15, -0.1) is 0 Å². The van der Waals surface area contributed by atoms with Crippen molar-refractivity contribution < 1.29 is 42.1 Å². The van der Waals surface area contributed by atoms with Crippen LogP contribution >= 0.6 is 7.82 Å². The minimum Gasteiger partial charge on any atom is -0.462 e. The second-order valence-corrected chi connectivity index (χ2v) is 20.7. The number of carbonyl (C=O) groups is 2. The van der Waals surface area contributed by atoms with E-state index in [1.165, 1.54) is 83.5 Å². The Morgan fingerprint density at radius 2 is 0.826 bits per heavy atom. The van der Waals surface area contributed by atoms with Gasteiger partial charge in [-0.25, -0.2) is 4.57 Å². The highest BCUT2D eigenvalue weighted by Gasteiger charge is 2.27. The van der Waals surface area contributed by atoms with Gasteiger partial charge in [0, 0.05) is 12.8 Å². The first-order valence-electron chi connectivity index (χ1n) is 27.5. The molecule has 0 amide bonds. The van der Waals surface area contributed by atoms with Crippen LogP contribution in [0.5, 0.6) is 0 Å². The molecule has 0 heterocycles. The number of quaternary nitrogens is 1. The van der Waals surface area contributed by atoms with Crippen molar-refractivity contribution in [2.24, 2.45) is 0 Å². The first-order chi connectivity index (χ1) is 33.5. The van der Waals surface area contributed by atoms with Gasteiger partial charge in [0.15, 0.2) is 6.10 Å². The lowest BCUT2D eigenvalue weighted by atomic mass is 10.0. The van der Waals surface area contributed by atoms with Gasteiger partial charge in [-0.3, -0.25) is 18.6 Å². The Kier molecular flexibility index (Phi) is 47.7. The van der Waals surface area contributed by atoms with Crippen molar-refractivity contribution in [3.8, 4) is 0 Å². The highest BCUT2D eigenvalue weighted by Crippen LogP contribution is 2.43. The minimum absolute atomic E-state index is 0.0224. The molecule has 0 aliphatic rings. The van der Waals surface area contributed by atoms with E-state index in [9.17, 15) is 19.0 Å². The van der Waals surface area contributed by atoms with Crippen LogP contribution < -0.4 is 0 Å². The number of ether oxygens (including phenoxy) is 2. The lowest BCUT2D eigenvalue weighted by Gasteiger charge is -2.24. The lowest BCUT2D eigenvalue weighted by molar-refractivity contribution is -0.870. The third-order valence-corrected chi connectivity index (χ3v) is 12.4. The van der Waals surface area contributed by atoms with E-state index in [1.807, 2.05) is 21.1 Å². The number of nitrogens with zero attached hydrogens (tertiary/aromatic N) is 1. The Hall–Kier alpha value is -3.07. The zero-order valence-corrected chi connectivity index (χ0v) is 45.7. The summed E-state index contributed by atoms with van der Waals surface area (Å²) < 4.78 is 34.5. The molecule has 0 aromatic heterocycles. The molecule has 9 nitrogen and oxygen atoms in total. The topological polar surface area (TPSA) is 108 Å². The zero-order chi connectivity index (χ0) is 50.6. The molecule has 0 aromatic carbocycles. The van der Waals surface area contributed by atoms with Crippen molar-refractivity contribution in [2.75, 3.05) is 47.5 Å². The van der Waals surface area contributed by atoms with Crippen molar-refractivity contribution >= 4 is 19.8 Å². The van der Waals surface area contributed by atoms with Gasteiger partial charge < -0.3 is 18.9 Å². The van der Waals surface area contributed by atoms with Crippen LogP contribution in [0.15, 0.2) is 97.2 Å². The predicted molar refractivity (Wildman–Crippen MR) is 293 cm³/mol. The molecule has 69 heavy (non-hydrogen) atoms. The fourth-order valence-corrected chi connectivity index (χ4v) is 7.89. The normalized spacial score (nSPS) is 14.1. The summed E-state index contributed by atoms with van der Waals surface area (Å²) in [7, 11) is 1.45. The molecule has 0 spiro atoms. The lowest BCUT2D eigenvalue weighted by Crippen LogP contribution is -2.37. The highest BCUT2D eigenvalue weighted by molar-refractivity contribution is 7.47. The number of likely N-dealkylation sites (N-methyl/N-ethyl adjacent to an activating group) is 1. The van der Waals surface area contributed by atoms with Crippen molar-refractivity contribution in [1.29, 1.82) is 0 Å². The van der Waals surface area contributed by atoms with Crippen molar-refractivity contribution in [3.63, 3.8) is 0 Å². The molecule has 2 atom stereocenters. The van der Waals surface area contributed by atoms with Gasteiger partial charge in [-0.1, -0.05) is 220 Å². The molecule has 396 valence electrons. The van der Waals surface area contributed by atoms with E-state index >= 15 is 0 Å². The Bertz CT molecular complexity index is 1490. The molecule has 0 saturated heterocycles. The van der Waals surface area contributed by atoms with Gasteiger partial charge in [-0.05, 0) is 77.0 Å². The molecule has 0 radical (unpaired) electrons. The molecule has 0 aromatic rings. The number of phosphoric acid groups is 1. The second-order valence-electron chi connectivity index (χ2n) is 19.2. The van der Waals surface area contributed by atoms with E-state index < -0.39 is 26.5 Å². The molecule has 0 aliphatic carbocycles. The second kappa shape index (κ2) is 49.9. The van der Waals surface area contributed by atoms with Crippen molar-refractivity contribution in [3.05, 3.63) is 97.2 Å². The minimum atomic E-state index is -4.39. The predicted octanol–water partition coefficient (Wildman–Crippen LogP) is 16.9. The van der Waals surface area contributed by atoms with Crippen LogP contribution in [-0.2, 0) is 32.7 Å². The van der Waals surface area contributed by atoms with Gasteiger partial charge in [0.2, 0.25) is 0 Å². The van der Waals surface area contributed by atoms with Crippen LogP contribution in [0.3, 0.4) is 0 Å². The molecule has 0 fully saturated rings. The number of rotatable bonds is 49. The monoisotopic (exact) mass is 985 g/mol. The zero-order valence-electron chi connectivity index (χ0n) is 44.8. The summed E-state index contributed by atoms with van der Waals surface area (Å²) in [5.41, 5.74) is 0. The third-order valence-electron chi connectivity index (χ3n) is 11.4. The van der Waals surface area contributed by atoms with E-state index in [0.29, 0.717) is 17.4 Å². The van der Waals surface area contributed by atoms with Crippen molar-refractivity contribution in [2.45, 2.75) is 219 Å². The van der Waals surface area contributed by atoms with Crippen LogP contribution in [0.2, 0.25) is 0 Å². The summed E-state index contributed by atoms with van der Waals surface area (Å²) in [6.45, 7) is 4.29. The Morgan fingerprint density at radius 3 is 1.23 bits per heavy atom. The molecule has 0 saturated carbocycles. The summed E-state index contributed by atoms with van der Waals surface area (Å²) in [4.78, 5) is 35.6. The van der Waals surface area contributed by atoms with Gasteiger partial charge in [0.1, 0.15) is 19.8 Å². The molecule has 0 rings (SSSR count). The van der Waals surface area contributed by atoms with Gasteiger partial charge in [-0.2, -0.15) is 0 Å². The molecule has 2 unspecified atom stereocenters. The van der Waals surface area contributed by atoms with Crippen LogP contribution in [0.25, 0.3) is 0 Å². The maximum Gasteiger partial charge on any atom is 0.472 e. The smallest absolute Gasteiger partial charge is 0.462 e. The standard InChI is InChI=1S/C59H102NO8P/c1-6-8-10-12-14-16-18-20-22-24-25-26-27-28-29-30-31-32-33-34-35-36-38-40-42-44-46-48-50-52-59(62)68-57(56-67-69(63,64)66-54-53-60(3,4)5)55-65-58(61)51-49-47-45-43-41-39-37-23-21-19-17-15-13-11-9-7-2/h8,10,14,16,20,22,25-26,28-29,31-32,34-35,38,40,57H,6-7,9,11-13,15,17-19,21,23-24,27,30,33,36-37,39,41-56H2,1-5H3/p+1/b10-8-,16-14-,22-20-,26-25-,29-28-,32-31-,35-34-,40-38-. The Morgan fingerprint density at radius 1 is 0.464 bits per heavy atom. The molecular weight excluding hydrogens is 882 g/mol. The molecule has 10 heteroatoms. The Labute approximate surface area is 423 Å². The first kappa shape index (κ1) is 65.9. The summed E-state index contributed by atoms with van der Waals surface area (Å²) >= 11 is 0. The van der Waals surface area contributed by atoms with Crippen LogP contribution in [-0.4, -0.2) is 74.9 Å². The molecule has 0 bridgehead atoms. The summed E-state index contributed by atoms with van der Waals surface area (Å²) in [6, 6.07) is 0. The number of hydrogen-bond acceptors (Lipinski definition) is 7. The summed E-state index contributed by atoms with van der Waals surface area (Å²) in [6.07, 6.45) is 67.5. The number of unbranched alkanes of at least 4 members (excludes halogenated alkanes) is 19. The number of hydrogen-bond donors (Lipinski definition) is 1. The van der Waals surface area contributed by atoms with E-state index in [4.69, 9.17) is 18.5 Å². The van der Waals surface area contributed by atoms with E-state index in [1.54, 1.807) is 0 Å². The van der Waals surface area contributed by atoms with Crippen LogP contribution in [0.4, 0.5) is 0 Å². The number of esters is 2. The maximum absolute atomic E-state index is 12.8. The number of carbonyl (C=O) groups excluding carboxylic acids is 2. The average molecular weight is 985 g/mol. The molecule has 1 N–H and O–H groups in total. The molecular formula is C59H103NO8P+. The molecule has 0 aliphatic heterocycles. The largest absolute Gasteiger partial charge is 0.472 e. The quantitative estimate of drug-likeness (QED) is 0.0211. The number of allylic oxidation sites excluding steroid dienone is 16. The van der Waals surface area contributed by atoms with E-state index in [-0.39, 0.29) is 32.0 Å². The van der Waals surface area contributed by atoms with E-state index in [0.717, 1.165) is 96.3 Å². The Balaban J connectivity index is 4.29. The van der Waals surface area contributed by atoms with Crippen LogP contribution in [0.1, 0.15) is 213 Å². The maximum atomic E-state index is 12.8. The average Bonchev–Trinajstić information content (AvgIpc) is 3.31.